The van der Waals surface area contributed by atoms with Crippen molar-refractivity contribution >= 4 is 17.3 Å². The van der Waals surface area contributed by atoms with Crippen molar-refractivity contribution in [3.63, 3.8) is 0 Å². The Bertz CT molecular complexity index is 486. The quantitative estimate of drug-likeness (QED) is 0.820. The molecule has 2 rings (SSSR count). The van der Waals surface area contributed by atoms with Crippen molar-refractivity contribution in [1.82, 2.24) is 10.6 Å². The minimum atomic E-state index is 0.0780. The van der Waals surface area contributed by atoms with Gasteiger partial charge in [0.25, 0.3) is 0 Å². The van der Waals surface area contributed by atoms with Gasteiger partial charge in [0, 0.05) is 6.54 Å². The molecule has 104 valence electrons. The minimum Gasteiger partial charge on any atom is -0.363 e. The molecule has 2 aromatic carbocycles. The second kappa shape index (κ2) is 7.65. The van der Waals surface area contributed by atoms with Gasteiger partial charge in [0.1, 0.15) is 0 Å². The Morgan fingerprint density at radius 2 is 1.45 bits per heavy atom. The summed E-state index contributed by atoms with van der Waals surface area (Å²) >= 11 is 5.37. The molecule has 0 amide bonds. The Labute approximate surface area is 126 Å². The SMILES string of the molecule is CCCNC(=S)NC(c1ccccc1)c1ccccc1. The van der Waals surface area contributed by atoms with Gasteiger partial charge < -0.3 is 10.6 Å². The fourth-order valence-electron chi connectivity index (χ4n) is 2.07. The Balaban J connectivity index is 2.19. The van der Waals surface area contributed by atoms with Crippen LogP contribution in [0.25, 0.3) is 0 Å². The van der Waals surface area contributed by atoms with Gasteiger partial charge in [-0.05, 0) is 29.8 Å². The average Bonchev–Trinajstić information content (AvgIpc) is 2.52. The molecule has 0 radical (unpaired) electrons. The molecule has 0 unspecified atom stereocenters. The number of thiocarbonyl (C=S) groups is 1. The highest BCUT2D eigenvalue weighted by Crippen LogP contribution is 2.21. The van der Waals surface area contributed by atoms with E-state index in [0.717, 1.165) is 13.0 Å². The first-order valence-electron chi connectivity index (χ1n) is 6.95. The molecule has 20 heavy (non-hydrogen) atoms. The zero-order valence-electron chi connectivity index (χ0n) is 11.7. The van der Waals surface area contributed by atoms with Gasteiger partial charge in [0.05, 0.1) is 6.04 Å². The Morgan fingerprint density at radius 1 is 0.950 bits per heavy atom. The topological polar surface area (TPSA) is 24.1 Å². The lowest BCUT2D eigenvalue weighted by atomic mass is 9.99. The van der Waals surface area contributed by atoms with E-state index in [9.17, 15) is 0 Å². The first-order valence-corrected chi connectivity index (χ1v) is 7.36. The van der Waals surface area contributed by atoms with Crippen LogP contribution in [-0.2, 0) is 0 Å². The smallest absolute Gasteiger partial charge is 0.167 e. The van der Waals surface area contributed by atoms with Crippen LogP contribution in [0.1, 0.15) is 30.5 Å². The van der Waals surface area contributed by atoms with E-state index in [1.165, 1.54) is 11.1 Å². The number of benzene rings is 2. The molecule has 3 heteroatoms. The predicted molar refractivity (Wildman–Crippen MR) is 88.8 cm³/mol. The summed E-state index contributed by atoms with van der Waals surface area (Å²) in [7, 11) is 0. The second-order valence-electron chi connectivity index (χ2n) is 4.65. The Morgan fingerprint density at radius 3 is 1.90 bits per heavy atom. The van der Waals surface area contributed by atoms with Gasteiger partial charge in [-0.1, -0.05) is 67.6 Å². The van der Waals surface area contributed by atoms with Gasteiger partial charge in [-0.25, -0.2) is 0 Å². The molecule has 0 heterocycles. The Hall–Kier alpha value is -1.87. The van der Waals surface area contributed by atoms with E-state index < -0.39 is 0 Å². The fourth-order valence-corrected chi connectivity index (χ4v) is 2.29. The van der Waals surface area contributed by atoms with Gasteiger partial charge in [0.2, 0.25) is 0 Å². The average molecular weight is 284 g/mol. The fraction of sp³-hybridized carbons (Fsp3) is 0.235. The van der Waals surface area contributed by atoms with E-state index in [1.807, 2.05) is 12.1 Å². The molecule has 0 bridgehead atoms. The summed E-state index contributed by atoms with van der Waals surface area (Å²) in [5.74, 6) is 0. The summed E-state index contributed by atoms with van der Waals surface area (Å²) in [5.41, 5.74) is 2.42. The molecule has 0 fully saturated rings. The maximum atomic E-state index is 5.37. The van der Waals surface area contributed by atoms with Gasteiger partial charge >= 0.3 is 0 Å². The summed E-state index contributed by atoms with van der Waals surface area (Å²) in [6.07, 6.45) is 1.06. The van der Waals surface area contributed by atoms with Crippen molar-refractivity contribution < 1.29 is 0 Å². The highest BCUT2D eigenvalue weighted by molar-refractivity contribution is 7.80. The van der Waals surface area contributed by atoms with E-state index in [0.29, 0.717) is 5.11 Å². The second-order valence-corrected chi connectivity index (χ2v) is 5.06. The van der Waals surface area contributed by atoms with Crippen molar-refractivity contribution in [1.29, 1.82) is 0 Å². The molecular weight excluding hydrogens is 264 g/mol. The molecule has 0 spiro atoms. The third-order valence-electron chi connectivity index (χ3n) is 3.08. The van der Waals surface area contributed by atoms with E-state index in [-0.39, 0.29) is 6.04 Å². The lowest BCUT2D eigenvalue weighted by Crippen LogP contribution is -2.38. The molecule has 2 aromatic rings. The van der Waals surface area contributed by atoms with E-state index in [1.54, 1.807) is 0 Å². The van der Waals surface area contributed by atoms with Crippen molar-refractivity contribution in [2.75, 3.05) is 6.54 Å². The van der Waals surface area contributed by atoms with Gasteiger partial charge in [0.15, 0.2) is 5.11 Å². The molecule has 2 nitrogen and oxygen atoms in total. The lowest BCUT2D eigenvalue weighted by molar-refractivity contribution is 0.729. The van der Waals surface area contributed by atoms with Crippen LogP contribution in [0.2, 0.25) is 0 Å². The van der Waals surface area contributed by atoms with Crippen LogP contribution < -0.4 is 10.6 Å². The number of hydrogen-bond donors (Lipinski definition) is 2. The summed E-state index contributed by atoms with van der Waals surface area (Å²) in [6, 6.07) is 20.8. The first kappa shape index (κ1) is 14.5. The van der Waals surface area contributed by atoms with Gasteiger partial charge in [-0.15, -0.1) is 0 Å². The zero-order chi connectivity index (χ0) is 14.2. The minimum absolute atomic E-state index is 0.0780. The molecule has 0 saturated carbocycles. The summed E-state index contributed by atoms with van der Waals surface area (Å²) in [4.78, 5) is 0. The third kappa shape index (κ3) is 4.07. The summed E-state index contributed by atoms with van der Waals surface area (Å²) in [6.45, 7) is 3.02. The van der Waals surface area contributed by atoms with Crippen LogP contribution in [0.4, 0.5) is 0 Å². The number of hydrogen-bond acceptors (Lipinski definition) is 1. The van der Waals surface area contributed by atoms with Crippen molar-refractivity contribution in [2.45, 2.75) is 19.4 Å². The van der Waals surface area contributed by atoms with Crippen molar-refractivity contribution in [2.24, 2.45) is 0 Å². The summed E-state index contributed by atoms with van der Waals surface area (Å²) in [5, 5.41) is 7.33. The number of rotatable bonds is 5. The zero-order valence-corrected chi connectivity index (χ0v) is 12.5. The standard InChI is InChI=1S/C17H20N2S/c1-2-13-18-17(20)19-16(14-9-5-3-6-10-14)15-11-7-4-8-12-15/h3-12,16H,2,13H2,1H3,(H2,18,19,20). The van der Waals surface area contributed by atoms with E-state index >= 15 is 0 Å². The molecular formula is C17H20N2S. The normalized spacial score (nSPS) is 10.3. The van der Waals surface area contributed by atoms with Gasteiger partial charge in [-0.2, -0.15) is 0 Å². The lowest BCUT2D eigenvalue weighted by Gasteiger charge is -2.22. The van der Waals surface area contributed by atoms with Crippen LogP contribution in [-0.4, -0.2) is 11.7 Å². The molecule has 0 aliphatic heterocycles. The predicted octanol–water partition coefficient (Wildman–Crippen LogP) is 3.65. The van der Waals surface area contributed by atoms with E-state index in [2.05, 4.69) is 66.1 Å². The van der Waals surface area contributed by atoms with Crippen molar-refractivity contribution in [3.05, 3.63) is 71.8 Å². The highest BCUT2D eigenvalue weighted by atomic mass is 32.1. The van der Waals surface area contributed by atoms with Crippen LogP contribution in [0, 0.1) is 0 Å². The van der Waals surface area contributed by atoms with Crippen molar-refractivity contribution in [3.8, 4) is 0 Å². The molecule has 0 atom stereocenters. The maximum Gasteiger partial charge on any atom is 0.167 e. The van der Waals surface area contributed by atoms with Crippen LogP contribution in [0.3, 0.4) is 0 Å². The van der Waals surface area contributed by atoms with Crippen LogP contribution in [0.5, 0.6) is 0 Å². The third-order valence-corrected chi connectivity index (χ3v) is 3.34. The van der Waals surface area contributed by atoms with Gasteiger partial charge in [-0.3, -0.25) is 0 Å². The molecule has 0 aliphatic carbocycles. The first-order chi connectivity index (χ1) is 9.81. The van der Waals surface area contributed by atoms with Crippen LogP contribution in [0.15, 0.2) is 60.7 Å². The molecule has 0 aliphatic rings. The largest absolute Gasteiger partial charge is 0.363 e. The monoisotopic (exact) mass is 284 g/mol. The molecule has 0 aromatic heterocycles. The summed E-state index contributed by atoms with van der Waals surface area (Å²) < 4.78 is 0. The highest BCUT2D eigenvalue weighted by Gasteiger charge is 2.14. The number of nitrogens with one attached hydrogen (secondary N) is 2. The molecule has 0 saturated heterocycles. The Kier molecular flexibility index (Phi) is 5.56. The maximum absolute atomic E-state index is 5.37. The molecule has 2 N–H and O–H groups in total. The van der Waals surface area contributed by atoms with Crippen LogP contribution >= 0.6 is 12.2 Å². The van der Waals surface area contributed by atoms with E-state index in [4.69, 9.17) is 12.2 Å².